The summed E-state index contributed by atoms with van der Waals surface area (Å²) in [5, 5.41) is 3.25. The molecule has 3 aromatic rings. The Morgan fingerprint density at radius 1 is 0.935 bits per heavy atom. The number of benzene rings is 3. The fraction of sp³-hybridized carbons (Fsp3) is 0.208. The van der Waals surface area contributed by atoms with Gasteiger partial charge in [0.25, 0.3) is 10.0 Å². The third-order valence-corrected chi connectivity index (χ3v) is 7.16. The molecule has 0 atom stereocenters. The van der Waals surface area contributed by atoms with Gasteiger partial charge in [0.15, 0.2) is 0 Å². The number of hydrogen-bond donors (Lipinski definition) is 1. The van der Waals surface area contributed by atoms with Crippen LogP contribution in [0, 0.1) is 20.8 Å². The highest BCUT2D eigenvalue weighted by atomic mass is 35.5. The van der Waals surface area contributed by atoms with Crippen molar-refractivity contribution in [2.75, 3.05) is 10.8 Å². The summed E-state index contributed by atoms with van der Waals surface area (Å²) in [5.41, 5.74) is 3.94. The maximum absolute atomic E-state index is 13.5. The topological polar surface area (TPSA) is 66.5 Å². The predicted molar refractivity (Wildman–Crippen MR) is 125 cm³/mol. The van der Waals surface area contributed by atoms with Gasteiger partial charge in [0.1, 0.15) is 6.54 Å². The summed E-state index contributed by atoms with van der Waals surface area (Å²) in [6, 6.07) is 19.3. The Hall–Kier alpha value is -2.83. The molecule has 0 saturated heterocycles. The molecule has 7 heteroatoms. The Morgan fingerprint density at radius 2 is 1.61 bits per heavy atom. The molecule has 162 valence electrons. The summed E-state index contributed by atoms with van der Waals surface area (Å²) in [5.74, 6) is -0.406. The molecule has 0 bridgehead atoms. The zero-order valence-electron chi connectivity index (χ0n) is 17.7. The fourth-order valence-electron chi connectivity index (χ4n) is 3.21. The summed E-state index contributed by atoms with van der Waals surface area (Å²) in [4.78, 5) is 12.9. The molecule has 0 aromatic heterocycles. The highest BCUT2D eigenvalue weighted by Crippen LogP contribution is 2.30. The van der Waals surface area contributed by atoms with Gasteiger partial charge in [0.05, 0.1) is 10.6 Å². The minimum absolute atomic E-state index is 0.115. The fourth-order valence-corrected chi connectivity index (χ4v) is 4.86. The van der Waals surface area contributed by atoms with Crippen LogP contribution in [-0.4, -0.2) is 20.9 Å². The number of anilines is 1. The van der Waals surface area contributed by atoms with Crippen molar-refractivity contribution in [3.63, 3.8) is 0 Å². The standard InChI is InChI=1S/C24H25ClN2O3S/c1-17-10-12-21(13-11-17)31(29,30)27(23-9-5-8-22(25)19(23)3)16-24(28)26-15-20-7-4-6-18(2)14-20/h4-14H,15-16H2,1-3H3,(H,26,28). The lowest BCUT2D eigenvalue weighted by Crippen LogP contribution is -2.41. The molecule has 3 rings (SSSR count). The second kappa shape index (κ2) is 9.54. The Labute approximate surface area is 188 Å². The second-order valence-electron chi connectivity index (χ2n) is 7.47. The van der Waals surface area contributed by atoms with E-state index in [0.717, 1.165) is 21.0 Å². The van der Waals surface area contributed by atoms with Gasteiger partial charge in [-0.1, -0.05) is 65.2 Å². The lowest BCUT2D eigenvalue weighted by Gasteiger charge is -2.26. The smallest absolute Gasteiger partial charge is 0.264 e. The Balaban J connectivity index is 1.91. The van der Waals surface area contributed by atoms with Crippen LogP contribution in [0.5, 0.6) is 0 Å². The number of carbonyl (C=O) groups is 1. The third-order valence-electron chi connectivity index (χ3n) is 4.98. The van der Waals surface area contributed by atoms with Crippen molar-refractivity contribution in [3.8, 4) is 0 Å². The molecule has 5 nitrogen and oxygen atoms in total. The van der Waals surface area contributed by atoms with Crippen molar-refractivity contribution in [1.29, 1.82) is 0 Å². The molecule has 31 heavy (non-hydrogen) atoms. The number of aryl methyl sites for hydroxylation is 2. The van der Waals surface area contributed by atoms with E-state index < -0.39 is 15.9 Å². The van der Waals surface area contributed by atoms with E-state index >= 15 is 0 Å². The average molecular weight is 457 g/mol. The number of hydrogen-bond acceptors (Lipinski definition) is 3. The summed E-state index contributed by atoms with van der Waals surface area (Å²) in [6.45, 7) is 5.55. The van der Waals surface area contributed by atoms with Crippen LogP contribution in [0.25, 0.3) is 0 Å². The summed E-state index contributed by atoms with van der Waals surface area (Å²) >= 11 is 6.25. The quantitative estimate of drug-likeness (QED) is 0.556. The number of nitrogens with one attached hydrogen (secondary N) is 1. The van der Waals surface area contributed by atoms with Crippen LogP contribution in [0.1, 0.15) is 22.3 Å². The molecular weight excluding hydrogens is 432 g/mol. The molecule has 0 heterocycles. The van der Waals surface area contributed by atoms with Crippen molar-refractivity contribution in [2.24, 2.45) is 0 Å². The van der Waals surface area contributed by atoms with Gasteiger partial charge >= 0.3 is 0 Å². The minimum atomic E-state index is -3.98. The number of halogens is 1. The van der Waals surface area contributed by atoms with E-state index in [4.69, 9.17) is 11.6 Å². The number of nitrogens with zero attached hydrogens (tertiary/aromatic N) is 1. The molecule has 0 aliphatic heterocycles. The van der Waals surface area contributed by atoms with Crippen LogP contribution in [0.3, 0.4) is 0 Å². The molecule has 0 spiro atoms. The Morgan fingerprint density at radius 3 is 2.29 bits per heavy atom. The van der Waals surface area contributed by atoms with Gasteiger partial charge < -0.3 is 5.32 Å². The molecule has 0 aliphatic rings. The van der Waals surface area contributed by atoms with Crippen molar-refractivity contribution < 1.29 is 13.2 Å². The van der Waals surface area contributed by atoms with E-state index in [0.29, 0.717) is 22.8 Å². The maximum atomic E-state index is 13.5. The molecule has 0 unspecified atom stereocenters. The first-order valence-electron chi connectivity index (χ1n) is 9.85. The van der Waals surface area contributed by atoms with E-state index in [-0.39, 0.29) is 11.4 Å². The van der Waals surface area contributed by atoms with Crippen LogP contribution < -0.4 is 9.62 Å². The normalized spacial score (nSPS) is 11.2. The molecule has 0 radical (unpaired) electrons. The molecule has 3 aromatic carbocycles. The van der Waals surface area contributed by atoms with E-state index in [1.54, 1.807) is 49.4 Å². The van der Waals surface area contributed by atoms with E-state index in [1.807, 2.05) is 38.1 Å². The lowest BCUT2D eigenvalue weighted by atomic mass is 10.1. The van der Waals surface area contributed by atoms with Crippen molar-refractivity contribution >= 4 is 33.2 Å². The van der Waals surface area contributed by atoms with Gasteiger partial charge in [-0.15, -0.1) is 0 Å². The van der Waals surface area contributed by atoms with Crippen LogP contribution >= 0.6 is 11.6 Å². The van der Waals surface area contributed by atoms with Crippen LogP contribution in [0.2, 0.25) is 5.02 Å². The van der Waals surface area contributed by atoms with Gasteiger partial charge in [-0.2, -0.15) is 0 Å². The molecule has 1 N–H and O–H groups in total. The van der Waals surface area contributed by atoms with E-state index in [1.165, 1.54) is 0 Å². The van der Waals surface area contributed by atoms with Gasteiger partial charge in [-0.25, -0.2) is 8.42 Å². The highest BCUT2D eigenvalue weighted by molar-refractivity contribution is 7.92. The lowest BCUT2D eigenvalue weighted by molar-refractivity contribution is -0.119. The number of carbonyl (C=O) groups excluding carboxylic acids is 1. The van der Waals surface area contributed by atoms with E-state index in [9.17, 15) is 13.2 Å². The van der Waals surface area contributed by atoms with Gasteiger partial charge in [0.2, 0.25) is 5.91 Å². The van der Waals surface area contributed by atoms with Gasteiger partial charge in [-0.05, 0) is 56.2 Å². The molecule has 0 aliphatic carbocycles. The first-order chi connectivity index (χ1) is 14.7. The number of rotatable bonds is 7. The van der Waals surface area contributed by atoms with Crippen LogP contribution in [0.15, 0.2) is 71.6 Å². The van der Waals surface area contributed by atoms with Gasteiger partial charge in [-0.3, -0.25) is 9.10 Å². The first kappa shape index (κ1) is 22.8. The Kier molecular flexibility index (Phi) is 7.03. The van der Waals surface area contributed by atoms with Crippen molar-refractivity contribution in [1.82, 2.24) is 5.32 Å². The number of sulfonamides is 1. The van der Waals surface area contributed by atoms with Crippen LogP contribution in [-0.2, 0) is 21.4 Å². The summed E-state index contributed by atoms with van der Waals surface area (Å²) in [6.07, 6.45) is 0. The van der Waals surface area contributed by atoms with Crippen molar-refractivity contribution in [3.05, 3.63) is 94.0 Å². The summed E-state index contributed by atoms with van der Waals surface area (Å²) < 4.78 is 28.0. The van der Waals surface area contributed by atoms with E-state index in [2.05, 4.69) is 5.32 Å². The molecule has 0 fully saturated rings. The predicted octanol–water partition coefficient (Wildman–Crippen LogP) is 4.78. The zero-order chi connectivity index (χ0) is 22.6. The van der Waals surface area contributed by atoms with Crippen molar-refractivity contribution in [2.45, 2.75) is 32.2 Å². The first-order valence-corrected chi connectivity index (χ1v) is 11.7. The Bertz CT molecular complexity index is 1190. The SMILES string of the molecule is Cc1ccc(S(=O)(=O)N(CC(=O)NCc2cccc(C)c2)c2cccc(Cl)c2C)cc1. The minimum Gasteiger partial charge on any atom is -0.350 e. The third kappa shape index (κ3) is 5.46. The summed E-state index contributed by atoms with van der Waals surface area (Å²) in [7, 11) is -3.98. The average Bonchev–Trinajstić information content (AvgIpc) is 2.73. The second-order valence-corrected chi connectivity index (χ2v) is 9.74. The van der Waals surface area contributed by atoms with Crippen LogP contribution in [0.4, 0.5) is 5.69 Å². The zero-order valence-corrected chi connectivity index (χ0v) is 19.3. The largest absolute Gasteiger partial charge is 0.350 e. The monoisotopic (exact) mass is 456 g/mol. The maximum Gasteiger partial charge on any atom is 0.264 e. The molecule has 0 saturated carbocycles. The van der Waals surface area contributed by atoms with Gasteiger partial charge in [0, 0.05) is 11.6 Å². The number of amides is 1. The molecular formula is C24H25ClN2O3S. The molecule has 1 amide bonds. The highest BCUT2D eigenvalue weighted by Gasteiger charge is 2.28.